The molecule has 7 heteroatoms. The average Bonchev–Trinajstić information content (AvgIpc) is 3.14. The number of aromatic nitrogens is 2. The van der Waals surface area contributed by atoms with Gasteiger partial charge in [-0.15, -0.1) is 0 Å². The summed E-state index contributed by atoms with van der Waals surface area (Å²) in [7, 11) is 0. The molecule has 144 valence electrons. The van der Waals surface area contributed by atoms with Crippen LogP contribution in [0.25, 0.3) is 0 Å². The summed E-state index contributed by atoms with van der Waals surface area (Å²) in [6, 6.07) is 16.0. The standard InChI is InChI=1S/C21H23N5O2/c1-16-13-20(24-28-16)23-21(27)19-14-18(7-8-22-19)26-11-9-25(10-12-26)15-17-5-3-2-4-6-17/h2-8,13-14H,9-12,15H2,1H3,(H,23,24,27). The molecule has 1 aliphatic rings. The van der Waals surface area contributed by atoms with Crippen LogP contribution in [0.15, 0.2) is 59.3 Å². The second-order valence-corrected chi connectivity index (χ2v) is 6.93. The molecule has 1 N–H and O–H groups in total. The van der Waals surface area contributed by atoms with E-state index in [4.69, 9.17) is 4.52 Å². The van der Waals surface area contributed by atoms with Gasteiger partial charge in [-0.25, -0.2) is 0 Å². The highest BCUT2D eigenvalue weighted by molar-refractivity contribution is 6.02. The maximum absolute atomic E-state index is 12.4. The SMILES string of the molecule is Cc1cc(NC(=O)c2cc(N3CCN(Cc4ccccc4)CC3)ccn2)no1. The number of rotatable bonds is 5. The first-order chi connectivity index (χ1) is 13.7. The van der Waals surface area contributed by atoms with Crippen molar-refractivity contribution in [2.45, 2.75) is 13.5 Å². The predicted octanol–water partition coefficient (Wildman–Crippen LogP) is 2.95. The van der Waals surface area contributed by atoms with E-state index in [9.17, 15) is 4.79 Å². The molecule has 3 heterocycles. The van der Waals surface area contributed by atoms with Gasteiger partial charge in [0.05, 0.1) is 0 Å². The Bertz CT molecular complexity index is 933. The number of carbonyl (C=O) groups excluding carboxylic acids is 1. The molecule has 2 aromatic heterocycles. The van der Waals surface area contributed by atoms with Crippen molar-refractivity contribution in [3.63, 3.8) is 0 Å². The number of piperazine rings is 1. The molecule has 4 rings (SSSR count). The van der Waals surface area contributed by atoms with Gasteiger partial charge in [0.2, 0.25) is 0 Å². The number of nitrogens with zero attached hydrogens (tertiary/aromatic N) is 4. The van der Waals surface area contributed by atoms with E-state index in [1.165, 1.54) is 5.56 Å². The van der Waals surface area contributed by atoms with E-state index in [0.717, 1.165) is 38.4 Å². The number of pyridine rings is 1. The lowest BCUT2D eigenvalue weighted by molar-refractivity contribution is 0.102. The Kier molecular flexibility index (Phi) is 5.34. The van der Waals surface area contributed by atoms with E-state index < -0.39 is 0 Å². The van der Waals surface area contributed by atoms with Crippen molar-refractivity contribution in [2.75, 3.05) is 36.4 Å². The predicted molar refractivity (Wildman–Crippen MR) is 107 cm³/mol. The lowest BCUT2D eigenvalue weighted by Gasteiger charge is -2.36. The van der Waals surface area contributed by atoms with Crippen LogP contribution < -0.4 is 10.2 Å². The normalized spacial score (nSPS) is 14.8. The van der Waals surface area contributed by atoms with Crippen LogP contribution in [0.4, 0.5) is 11.5 Å². The van der Waals surface area contributed by atoms with Crippen LogP contribution in [0.1, 0.15) is 21.8 Å². The molecule has 1 aliphatic heterocycles. The fourth-order valence-corrected chi connectivity index (χ4v) is 3.35. The average molecular weight is 377 g/mol. The quantitative estimate of drug-likeness (QED) is 0.737. The first kappa shape index (κ1) is 18.2. The highest BCUT2D eigenvalue weighted by Crippen LogP contribution is 2.19. The van der Waals surface area contributed by atoms with Gasteiger partial charge in [-0.2, -0.15) is 0 Å². The van der Waals surface area contributed by atoms with Gasteiger partial charge in [-0.05, 0) is 24.6 Å². The van der Waals surface area contributed by atoms with E-state index in [2.05, 4.69) is 49.5 Å². The van der Waals surface area contributed by atoms with Crippen molar-refractivity contribution in [3.05, 3.63) is 71.7 Å². The summed E-state index contributed by atoms with van der Waals surface area (Å²) in [5.74, 6) is 0.743. The molecule has 0 aliphatic carbocycles. The van der Waals surface area contributed by atoms with Crippen LogP contribution in [-0.2, 0) is 6.54 Å². The zero-order chi connectivity index (χ0) is 19.3. The fourth-order valence-electron chi connectivity index (χ4n) is 3.35. The fraction of sp³-hybridized carbons (Fsp3) is 0.286. The molecule has 0 saturated carbocycles. The van der Waals surface area contributed by atoms with Crippen LogP contribution in [0.3, 0.4) is 0 Å². The Labute approximate surface area is 164 Å². The van der Waals surface area contributed by atoms with Gasteiger partial charge in [0, 0.05) is 50.7 Å². The second kappa shape index (κ2) is 8.22. The minimum atomic E-state index is -0.294. The Hall–Kier alpha value is -3.19. The molecule has 1 aromatic carbocycles. The Morgan fingerprint density at radius 3 is 2.61 bits per heavy atom. The van der Waals surface area contributed by atoms with Crippen molar-refractivity contribution in [1.29, 1.82) is 0 Å². The van der Waals surface area contributed by atoms with Gasteiger partial charge in [-0.1, -0.05) is 35.5 Å². The van der Waals surface area contributed by atoms with Crippen LogP contribution in [-0.4, -0.2) is 47.1 Å². The first-order valence-electron chi connectivity index (χ1n) is 9.39. The van der Waals surface area contributed by atoms with Crippen molar-refractivity contribution in [2.24, 2.45) is 0 Å². The summed E-state index contributed by atoms with van der Waals surface area (Å²) in [6.45, 7) is 6.55. The van der Waals surface area contributed by atoms with Gasteiger partial charge < -0.3 is 14.7 Å². The lowest BCUT2D eigenvalue weighted by Crippen LogP contribution is -2.46. The highest BCUT2D eigenvalue weighted by atomic mass is 16.5. The van der Waals surface area contributed by atoms with Gasteiger partial charge in [0.1, 0.15) is 11.5 Å². The summed E-state index contributed by atoms with van der Waals surface area (Å²) in [6.07, 6.45) is 1.68. The molecule has 0 bridgehead atoms. The summed E-state index contributed by atoms with van der Waals surface area (Å²) in [4.78, 5) is 21.4. The van der Waals surface area contributed by atoms with Gasteiger partial charge in [0.15, 0.2) is 5.82 Å². The lowest BCUT2D eigenvalue weighted by atomic mass is 10.2. The Balaban J connectivity index is 1.36. The monoisotopic (exact) mass is 377 g/mol. The van der Waals surface area contributed by atoms with E-state index in [1.54, 1.807) is 19.2 Å². The van der Waals surface area contributed by atoms with E-state index in [-0.39, 0.29) is 5.91 Å². The maximum Gasteiger partial charge on any atom is 0.275 e. The van der Waals surface area contributed by atoms with Crippen LogP contribution in [0.2, 0.25) is 0 Å². The van der Waals surface area contributed by atoms with Crippen LogP contribution in [0, 0.1) is 6.92 Å². The number of carbonyl (C=O) groups is 1. The van der Waals surface area contributed by atoms with E-state index in [0.29, 0.717) is 17.3 Å². The summed E-state index contributed by atoms with van der Waals surface area (Å²) in [5.41, 5.74) is 2.71. The first-order valence-corrected chi connectivity index (χ1v) is 9.39. The largest absolute Gasteiger partial charge is 0.369 e. The van der Waals surface area contributed by atoms with E-state index >= 15 is 0 Å². The number of benzene rings is 1. The molecule has 28 heavy (non-hydrogen) atoms. The topological polar surface area (TPSA) is 74.5 Å². The van der Waals surface area contributed by atoms with Crippen molar-refractivity contribution >= 4 is 17.4 Å². The smallest absolute Gasteiger partial charge is 0.275 e. The molecular weight excluding hydrogens is 354 g/mol. The molecule has 1 saturated heterocycles. The molecule has 1 fully saturated rings. The molecule has 0 spiro atoms. The van der Waals surface area contributed by atoms with Gasteiger partial charge in [-0.3, -0.25) is 14.7 Å². The highest BCUT2D eigenvalue weighted by Gasteiger charge is 2.19. The molecular formula is C21H23N5O2. The molecule has 3 aromatic rings. The summed E-state index contributed by atoms with van der Waals surface area (Å²) >= 11 is 0. The summed E-state index contributed by atoms with van der Waals surface area (Å²) in [5, 5.41) is 6.50. The Morgan fingerprint density at radius 2 is 1.89 bits per heavy atom. The molecule has 7 nitrogen and oxygen atoms in total. The third-order valence-electron chi connectivity index (χ3n) is 4.83. The number of hydrogen-bond donors (Lipinski definition) is 1. The van der Waals surface area contributed by atoms with Gasteiger partial charge in [0.25, 0.3) is 5.91 Å². The number of amides is 1. The second-order valence-electron chi connectivity index (χ2n) is 6.93. The zero-order valence-corrected chi connectivity index (χ0v) is 15.8. The minimum absolute atomic E-state index is 0.294. The maximum atomic E-state index is 12.4. The van der Waals surface area contributed by atoms with Crippen molar-refractivity contribution in [1.82, 2.24) is 15.0 Å². The Morgan fingerprint density at radius 1 is 1.11 bits per heavy atom. The summed E-state index contributed by atoms with van der Waals surface area (Å²) < 4.78 is 4.97. The van der Waals surface area contributed by atoms with Crippen LogP contribution >= 0.6 is 0 Å². The number of nitrogens with one attached hydrogen (secondary N) is 1. The molecule has 0 unspecified atom stereocenters. The van der Waals surface area contributed by atoms with E-state index in [1.807, 2.05) is 18.2 Å². The third-order valence-corrected chi connectivity index (χ3v) is 4.83. The van der Waals surface area contributed by atoms with Crippen molar-refractivity contribution < 1.29 is 9.32 Å². The molecule has 1 amide bonds. The van der Waals surface area contributed by atoms with Crippen molar-refractivity contribution in [3.8, 4) is 0 Å². The number of aryl methyl sites for hydroxylation is 1. The molecule has 0 atom stereocenters. The number of hydrogen-bond acceptors (Lipinski definition) is 6. The zero-order valence-electron chi connectivity index (χ0n) is 15.8. The minimum Gasteiger partial charge on any atom is -0.369 e. The molecule has 0 radical (unpaired) electrons. The number of anilines is 2. The third kappa shape index (κ3) is 4.37. The van der Waals surface area contributed by atoms with Gasteiger partial charge >= 0.3 is 0 Å². The van der Waals surface area contributed by atoms with Crippen LogP contribution in [0.5, 0.6) is 0 Å².